The van der Waals surface area contributed by atoms with Gasteiger partial charge in [-0.15, -0.1) is 0 Å². The number of aromatic nitrogens is 1. The van der Waals surface area contributed by atoms with Crippen LogP contribution in [0.2, 0.25) is 0 Å². The van der Waals surface area contributed by atoms with Gasteiger partial charge in [0.25, 0.3) is 6.34 Å². The average molecular weight is 510 g/mol. The number of aliphatic hydroxyl groups excluding tert-OH is 1. The van der Waals surface area contributed by atoms with Crippen LogP contribution in [0.1, 0.15) is 57.6 Å². The highest BCUT2D eigenvalue weighted by Crippen LogP contribution is 2.47. The lowest BCUT2D eigenvalue weighted by Gasteiger charge is -2.42. The number of cyclic esters (lactones) is 1. The van der Waals surface area contributed by atoms with Crippen molar-refractivity contribution < 1.29 is 24.0 Å². The molecule has 1 spiro atoms. The molecule has 1 unspecified atom stereocenters. The molecule has 1 aliphatic carbocycles. The number of aliphatic hydroxyl groups is 1. The Morgan fingerprint density at radius 2 is 2.00 bits per heavy atom. The molecule has 198 valence electrons. The van der Waals surface area contributed by atoms with Gasteiger partial charge < -0.3 is 14.7 Å². The van der Waals surface area contributed by atoms with E-state index >= 15 is 0 Å². The third-order valence-corrected chi connectivity index (χ3v) is 8.52. The molecule has 5 rings (SSSR count). The molecule has 3 aliphatic heterocycles. The first-order chi connectivity index (χ1) is 17.7. The van der Waals surface area contributed by atoms with Crippen molar-refractivity contribution in [3.63, 3.8) is 0 Å². The lowest BCUT2D eigenvalue weighted by Crippen LogP contribution is -2.44. The zero-order valence-electron chi connectivity index (χ0n) is 22.2. The second-order valence-corrected chi connectivity index (χ2v) is 10.9. The predicted octanol–water partition coefficient (Wildman–Crippen LogP) is 1.91. The molecule has 1 aromatic heterocycles. The summed E-state index contributed by atoms with van der Waals surface area (Å²) >= 11 is 0. The minimum absolute atomic E-state index is 0.0107. The molecule has 1 saturated heterocycles. The van der Waals surface area contributed by atoms with Gasteiger partial charge >= 0.3 is 5.97 Å². The highest BCUT2D eigenvalue weighted by atomic mass is 16.5. The number of ether oxygens (including phenoxy) is 1. The van der Waals surface area contributed by atoms with E-state index in [1.807, 2.05) is 38.6 Å². The number of amides is 1. The van der Waals surface area contributed by atoms with Crippen molar-refractivity contribution in [1.82, 2.24) is 14.8 Å². The van der Waals surface area contributed by atoms with Gasteiger partial charge in [-0.1, -0.05) is 10.1 Å². The maximum atomic E-state index is 13.5. The van der Waals surface area contributed by atoms with Gasteiger partial charge in [-0.2, -0.15) is 0 Å². The molecular formula is C27H37N6O4+. The van der Waals surface area contributed by atoms with Crippen LogP contribution < -0.4 is 5.01 Å². The van der Waals surface area contributed by atoms with Crippen LogP contribution in [0.3, 0.4) is 0 Å². The summed E-state index contributed by atoms with van der Waals surface area (Å²) in [6.45, 7) is 5.36. The van der Waals surface area contributed by atoms with Crippen molar-refractivity contribution in [2.45, 2.75) is 58.0 Å². The van der Waals surface area contributed by atoms with Crippen LogP contribution in [-0.2, 0) is 14.3 Å². The van der Waals surface area contributed by atoms with E-state index in [2.05, 4.69) is 26.6 Å². The van der Waals surface area contributed by atoms with Gasteiger partial charge in [-0.25, -0.2) is 9.78 Å². The molecule has 37 heavy (non-hydrogen) atoms. The number of likely N-dealkylation sites (tertiary alicyclic amines) is 1. The number of esters is 1. The largest absolute Gasteiger partial charge is 0.456 e. The van der Waals surface area contributed by atoms with Gasteiger partial charge in [0.15, 0.2) is 0 Å². The number of hydrogen-bond donors (Lipinski definition) is 1. The number of hydrogen-bond acceptors (Lipinski definition) is 8. The molecular weight excluding hydrogens is 472 g/mol. The molecule has 0 radical (unpaired) electrons. The van der Waals surface area contributed by atoms with Gasteiger partial charge in [0.05, 0.1) is 42.1 Å². The fourth-order valence-electron chi connectivity index (χ4n) is 6.25. The Bertz CT molecular complexity index is 1150. The van der Waals surface area contributed by atoms with Crippen LogP contribution in [0.15, 0.2) is 34.7 Å². The SMILES string of the molecule is CC1=NN(c2ccc(C(CO)N(C)C3CCC4(CC3)CCN(C3=C(C)C(=O)OC3)C4=O)cn2)C=[N+](C)C1. The summed E-state index contributed by atoms with van der Waals surface area (Å²) in [5, 5.41) is 16.6. The van der Waals surface area contributed by atoms with Crippen molar-refractivity contribution in [1.29, 1.82) is 0 Å². The number of anilines is 1. The molecule has 4 aliphatic rings. The molecule has 4 heterocycles. The highest BCUT2D eigenvalue weighted by Gasteiger charge is 2.50. The van der Waals surface area contributed by atoms with E-state index in [-0.39, 0.29) is 42.6 Å². The summed E-state index contributed by atoms with van der Waals surface area (Å²) in [6.07, 6.45) is 7.94. The van der Waals surface area contributed by atoms with Gasteiger partial charge in [0.1, 0.15) is 13.2 Å². The van der Waals surface area contributed by atoms with Crippen molar-refractivity contribution in [2.24, 2.45) is 10.5 Å². The van der Waals surface area contributed by atoms with Crippen LogP contribution in [0, 0.1) is 5.41 Å². The van der Waals surface area contributed by atoms with Gasteiger partial charge in [-0.3, -0.25) is 14.3 Å². The van der Waals surface area contributed by atoms with Crippen molar-refractivity contribution in [2.75, 3.05) is 45.4 Å². The fraction of sp³-hybridized carbons (Fsp3) is 0.593. The Balaban J connectivity index is 1.23. The summed E-state index contributed by atoms with van der Waals surface area (Å²) in [6, 6.07) is 4.03. The number of rotatable bonds is 6. The third-order valence-electron chi connectivity index (χ3n) is 8.52. The van der Waals surface area contributed by atoms with Crippen LogP contribution in [0.5, 0.6) is 0 Å². The Hall–Kier alpha value is -3.11. The lowest BCUT2D eigenvalue weighted by molar-refractivity contribution is -0.478. The van der Waals surface area contributed by atoms with Gasteiger partial charge in [0, 0.05) is 24.8 Å². The van der Waals surface area contributed by atoms with E-state index in [9.17, 15) is 14.7 Å². The predicted molar refractivity (Wildman–Crippen MR) is 139 cm³/mol. The van der Waals surface area contributed by atoms with E-state index < -0.39 is 0 Å². The first-order valence-corrected chi connectivity index (χ1v) is 13.1. The highest BCUT2D eigenvalue weighted by molar-refractivity contribution is 5.94. The molecule has 1 N–H and O–H groups in total. The number of nitrogens with zero attached hydrogens (tertiary/aromatic N) is 6. The van der Waals surface area contributed by atoms with E-state index in [4.69, 9.17) is 4.74 Å². The molecule has 1 amide bonds. The molecule has 0 bridgehead atoms. The van der Waals surface area contributed by atoms with E-state index in [1.165, 1.54) is 0 Å². The maximum absolute atomic E-state index is 13.5. The summed E-state index contributed by atoms with van der Waals surface area (Å²) in [4.78, 5) is 33.9. The molecule has 10 nitrogen and oxygen atoms in total. The molecule has 2 fully saturated rings. The summed E-state index contributed by atoms with van der Waals surface area (Å²) in [5.74, 6) is 0.548. The Kier molecular flexibility index (Phi) is 6.89. The third kappa shape index (κ3) is 4.68. The monoisotopic (exact) mass is 509 g/mol. The molecule has 1 aromatic rings. The summed E-state index contributed by atoms with van der Waals surface area (Å²) in [5.41, 5.74) is 2.90. The van der Waals surface area contributed by atoms with Crippen molar-refractivity contribution in [3.05, 3.63) is 35.2 Å². The quantitative estimate of drug-likeness (QED) is 0.462. The van der Waals surface area contributed by atoms with Crippen LogP contribution in [-0.4, -0.2) is 94.8 Å². The van der Waals surface area contributed by atoms with Crippen molar-refractivity contribution in [3.8, 4) is 0 Å². The molecule has 1 saturated carbocycles. The second-order valence-electron chi connectivity index (χ2n) is 10.9. The summed E-state index contributed by atoms with van der Waals surface area (Å²) in [7, 11) is 4.06. The zero-order chi connectivity index (χ0) is 26.3. The normalized spacial score (nSPS) is 27.2. The Morgan fingerprint density at radius 3 is 2.59 bits per heavy atom. The van der Waals surface area contributed by atoms with E-state index in [1.54, 1.807) is 16.8 Å². The number of likely N-dealkylation sites (N-methyl/N-ethyl adjacent to an activating group) is 1. The first-order valence-electron chi connectivity index (χ1n) is 13.1. The molecule has 10 heteroatoms. The fourth-order valence-corrected chi connectivity index (χ4v) is 6.25. The van der Waals surface area contributed by atoms with Crippen molar-refractivity contribution >= 4 is 29.7 Å². The zero-order valence-corrected chi connectivity index (χ0v) is 22.2. The van der Waals surface area contributed by atoms with E-state index in [0.29, 0.717) is 12.1 Å². The minimum atomic E-state index is -0.356. The van der Waals surface area contributed by atoms with Gasteiger partial charge in [0.2, 0.25) is 11.7 Å². The standard InChI is InChI=1S/C27H37N6O4/c1-18-14-30(3)17-33(29-18)24-6-5-20(13-28-24)22(15-34)31(4)21-7-9-27(10-8-21)11-12-32(26(27)36)23-16-37-25(35)19(23)2/h5-6,13,17,21-22,34H,7-12,14-16H2,1-4H3/q+1. The maximum Gasteiger partial charge on any atom is 0.336 e. The minimum Gasteiger partial charge on any atom is -0.456 e. The number of carbonyl (C=O) groups is 2. The molecule has 1 atom stereocenters. The average Bonchev–Trinajstić information content (AvgIpc) is 3.38. The van der Waals surface area contributed by atoms with Crippen LogP contribution >= 0.6 is 0 Å². The van der Waals surface area contributed by atoms with Crippen LogP contribution in [0.25, 0.3) is 0 Å². The van der Waals surface area contributed by atoms with E-state index in [0.717, 1.165) is 61.4 Å². The molecule has 0 aromatic carbocycles. The number of pyridine rings is 1. The van der Waals surface area contributed by atoms with Gasteiger partial charge in [-0.05, 0) is 64.6 Å². The lowest BCUT2D eigenvalue weighted by atomic mass is 9.71. The first kappa shape index (κ1) is 25.5. The number of carbonyl (C=O) groups excluding carboxylic acids is 2. The summed E-state index contributed by atoms with van der Waals surface area (Å²) < 4.78 is 7.20. The Morgan fingerprint density at radius 1 is 1.24 bits per heavy atom. The smallest absolute Gasteiger partial charge is 0.336 e. The topological polar surface area (TPSA) is 102 Å². The Labute approximate surface area is 217 Å². The second kappa shape index (κ2) is 9.98. The van der Waals surface area contributed by atoms with Crippen LogP contribution in [0.4, 0.5) is 5.82 Å². The number of hydrazone groups is 1.